The predicted molar refractivity (Wildman–Crippen MR) is 72.9 cm³/mol. The van der Waals surface area contributed by atoms with Gasteiger partial charge in [-0.2, -0.15) is 0 Å². The van der Waals surface area contributed by atoms with Crippen LogP contribution >= 0.6 is 11.6 Å². The lowest BCUT2D eigenvalue weighted by Gasteiger charge is -2.09. The van der Waals surface area contributed by atoms with Crippen LogP contribution in [0.25, 0.3) is 11.1 Å². The first kappa shape index (κ1) is 13.2. The van der Waals surface area contributed by atoms with Gasteiger partial charge in [0.1, 0.15) is 5.15 Å². The number of rotatable bonds is 3. The number of anilines is 1. The molecule has 0 atom stereocenters. The maximum Gasteiger partial charge on any atom is 0.269 e. The molecule has 0 unspecified atom stereocenters. The van der Waals surface area contributed by atoms with Crippen LogP contribution in [0.5, 0.6) is 0 Å². The summed E-state index contributed by atoms with van der Waals surface area (Å²) in [4.78, 5) is 18.2. The summed E-state index contributed by atoms with van der Waals surface area (Å²) in [6.45, 7) is 1.92. The average molecular weight is 279 g/mol. The summed E-state index contributed by atoms with van der Waals surface area (Å²) in [6.07, 6.45) is 0.638. The van der Waals surface area contributed by atoms with Crippen molar-refractivity contribution < 1.29 is 4.92 Å². The summed E-state index contributed by atoms with van der Waals surface area (Å²) in [6, 6.07) is 6.08. The van der Waals surface area contributed by atoms with Crippen molar-refractivity contribution in [3.05, 3.63) is 45.2 Å². The molecule has 2 aromatic rings. The van der Waals surface area contributed by atoms with Crippen molar-refractivity contribution in [3.63, 3.8) is 0 Å². The topological polar surface area (TPSA) is 94.9 Å². The van der Waals surface area contributed by atoms with Gasteiger partial charge in [0.25, 0.3) is 5.69 Å². The van der Waals surface area contributed by atoms with Crippen LogP contribution in [0, 0.1) is 10.1 Å². The van der Waals surface area contributed by atoms with Crippen LogP contribution < -0.4 is 5.73 Å². The summed E-state index contributed by atoms with van der Waals surface area (Å²) in [5, 5.41) is 10.9. The highest BCUT2D eigenvalue weighted by atomic mass is 35.5. The van der Waals surface area contributed by atoms with Gasteiger partial charge < -0.3 is 5.73 Å². The lowest BCUT2D eigenvalue weighted by atomic mass is 10.0. The SMILES string of the molecule is CCc1nc(N)nc(Cl)c1-c1ccc([N+](=O)[O-])cc1. The maximum atomic E-state index is 10.6. The molecule has 1 aromatic carbocycles. The second-order valence-corrected chi connectivity index (χ2v) is 4.21. The fourth-order valence-electron chi connectivity index (χ4n) is 1.79. The summed E-state index contributed by atoms with van der Waals surface area (Å²) in [7, 11) is 0. The number of hydrogen-bond donors (Lipinski definition) is 1. The smallest absolute Gasteiger partial charge is 0.269 e. The Morgan fingerprint density at radius 2 is 1.95 bits per heavy atom. The molecule has 0 spiro atoms. The Morgan fingerprint density at radius 3 is 2.47 bits per heavy atom. The number of benzene rings is 1. The largest absolute Gasteiger partial charge is 0.368 e. The monoisotopic (exact) mass is 278 g/mol. The van der Waals surface area contributed by atoms with Crippen LogP contribution in [0.2, 0.25) is 5.15 Å². The first-order valence-corrected chi connectivity index (χ1v) is 5.97. The number of nitrogens with zero attached hydrogens (tertiary/aromatic N) is 3. The zero-order valence-corrected chi connectivity index (χ0v) is 10.9. The molecule has 0 radical (unpaired) electrons. The molecule has 19 heavy (non-hydrogen) atoms. The minimum atomic E-state index is -0.453. The van der Waals surface area contributed by atoms with Gasteiger partial charge >= 0.3 is 0 Å². The van der Waals surface area contributed by atoms with E-state index in [2.05, 4.69) is 9.97 Å². The Kier molecular flexibility index (Phi) is 3.62. The zero-order chi connectivity index (χ0) is 14.0. The molecule has 0 fully saturated rings. The minimum Gasteiger partial charge on any atom is -0.368 e. The van der Waals surface area contributed by atoms with E-state index in [0.29, 0.717) is 17.7 Å². The lowest BCUT2D eigenvalue weighted by Crippen LogP contribution is -2.02. The number of nitro groups is 1. The molecule has 0 aliphatic carbocycles. The third kappa shape index (κ3) is 2.63. The van der Waals surface area contributed by atoms with Gasteiger partial charge in [-0.25, -0.2) is 9.97 Å². The number of nitro benzene ring substituents is 1. The molecule has 6 nitrogen and oxygen atoms in total. The number of nitrogens with two attached hydrogens (primary N) is 1. The van der Waals surface area contributed by atoms with E-state index in [1.165, 1.54) is 12.1 Å². The van der Waals surface area contributed by atoms with E-state index in [4.69, 9.17) is 17.3 Å². The molecule has 0 aliphatic heterocycles. The number of non-ortho nitro benzene ring substituents is 1. The summed E-state index contributed by atoms with van der Waals surface area (Å²) in [5.74, 6) is 0.118. The summed E-state index contributed by atoms with van der Waals surface area (Å²) < 4.78 is 0. The fourth-order valence-corrected chi connectivity index (χ4v) is 2.09. The molecule has 0 saturated heterocycles. The van der Waals surface area contributed by atoms with Crippen LogP contribution in [-0.2, 0) is 6.42 Å². The Labute approximate surface area is 114 Å². The molecule has 0 saturated carbocycles. The third-order valence-electron chi connectivity index (χ3n) is 2.66. The van der Waals surface area contributed by atoms with E-state index in [0.717, 1.165) is 5.56 Å². The quantitative estimate of drug-likeness (QED) is 0.529. The van der Waals surface area contributed by atoms with E-state index in [1.54, 1.807) is 12.1 Å². The van der Waals surface area contributed by atoms with Gasteiger partial charge in [-0.3, -0.25) is 10.1 Å². The molecular weight excluding hydrogens is 268 g/mol. The van der Waals surface area contributed by atoms with Gasteiger partial charge in [0.2, 0.25) is 5.95 Å². The van der Waals surface area contributed by atoms with E-state index in [-0.39, 0.29) is 16.8 Å². The zero-order valence-electron chi connectivity index (χ0n) is 10.1. The van der Waals surface area contributed by atoms with Crippen molar-refractivity contribution in [2.75, 3.05) is 5.73 Å². The average Bonchev–Trinajstić information content (AvgIpc) is 2.38. The molecule has 2 N–H and O–H groups in total. The molecule has 2 rings (SSSR count). The number of nitrogen functional groups attached to an aromatic ring is 1. The second kappa shape index (κ2) is 5.19. The standard InChI is InChI=1S/C12H11ClN4O2/c1-2-9-10(11(13)16-12(14)15-9)7-3-5-8(6-4-7)17(18)19/h3-6H,2H2,1H3,(H2,14,15,16). The van der Waals surface area contributed by atoms with Gasteiger partial charge in [0.15, 0.2) is 0 Å². The van der Waals surface area contributed by atoms with Gasteiger partial charge in [-0.15, -0.1) is 0 Å². The molecule has 7 heteroatoms. The number of halogens is 1. The van der Waals surface area contributed by atoms with Crippen molar-refractivity contribution in [2.24, 2.45) is 0 Å². The van der Waals surface area contributed by atoms with Gasteiger partial charge in [0, 0.05) is 17.7 Å². The number of aryl methyl sites for hydroxylation is 1. The van der Waals surface area contributed by atoms with Crippen LogP contribution in [0.4, 0.5) is 11.6 Å². The highest BCUT2D eigenvalue weighted by molar-refractivity contribution is 6.32. The van der Waals surface area contributed by atoms with Crippen LogP contribution in [0.1, 0.15) is 12.6 Å². The van der Waals surface area contributed by atoms with Gasteiger partial charge in [0.05, 0.1) is 10.6 Å². The normalized spacial score (nSPS) is 10.4. The Bertz CT molecular complexity index is 628. The van der Waals surface area contributed by atoms with E-state index in [9.17, 15) is 10.1 Å². The van der Waals surface area contributed by atoms with Crippen molar-refractivity contribution in [1.29, 1.82) is 0 Å². The summed E-state index contributed by atoms with van der Waals surface area (Å²) >= 11 is 6.09. The van der Waals surface area contributed by atoms with E-state index >= 15 is 0 Å². The van der Waals surface area contributed by atoms with Crippen molar-refractivity contribution >= 4 is 23.2 Å². The lowest BCUT2D eigenvalue weighted by molar-refractivity contribution is -0.384. The van der Waals surface area contributed by atoms with Crippen LogP contribution in [0.15, 0.2) is 24.3 Å². The van der Waals surface area contributed by atoms with E-state index < -0.39 is 4.92 Å². The molecule has 1 aromatic heterocycles. The predicted octanol–water partition coefficient (Wildman–Crippen LogP) is 2.85. The van der Waals surface area contributed by atoms with Crippen LogP contribution in [-0.4, -0.2) is 14.9 Å². The number of hydrogen-bond acceptors (Lipinski definition) is 5. The fraction of sp³-hybridized carbons (Fsp3) is 0.167. The third-order valence-corrected chi connectivity index (χ3v) is 2.93. The van der Waals surface area contributed by atoms with Crippen LogP contribution in [0.3, 0.4) is 0 Å². The van der Waals surface area contributed by atoms with Crippen molar-refractivity contribution in [3.8, 4) is 11.1 Å². The molecular formula is C12H11ClN4O2. The summed E-state index contributed by atoms with van der Waals surface area (Å²) in [5.41, 5.74) is 7.68. The van der Waals surface area contributed by atoms with Crippen molar-refractivity contribution in [2.45, 2.75) is 13.3 Å². The van der Waals surface area contributed by atoms with Gasteiger partial charge in [-0.05, 0) is 24.1 Å². The minimum absolute atomic E-state index is 0.0225. The molecule has 1 heterocycles. The molecule has 98 valence electrons. The Balaban J connectivity index is 2.55. The Morgan fingerprint density at radius 1 is 1.32 bits per heavy atom. The highest BCUT2D eigenvalue weighted by Crippen LogP contribution is 2.31. The Hall–Kier alpha value is -2.21. The number of aromatic nitrogens is 2. The first-order valence-electron chi connectivity index (χ1n) is 5.59. The molecule has 0 amide bonds. The van der Waals surface area contributed by atoms with Gasteiger partial charge in [-0.1, -0.05) is 18.5 Å². The van der Waals surface area contributed by atoms with E-state index in [1.807, 2.05) is 6.92 Å². The molecule has 0 aliphatic rings. The first-order chi connectivity index (χ1) is 9.02. The second-order valence-electron chi connectivity index (χ2n) is 3.85. The maximum absolute atomic E-state index is 10.6. The van der Waals surface area contributed by atoms with Crippen molar-refractivity contribution in [1.82, 2.24) is 9.97 Å². The highest BCUT2D eigenvalue weighted by Gasteiger charge is 2.14. The molecule has 0 bridgehead atoms.